The van der Waals surface area contributed by atoms with E-state index < -0.39 is 6.04 Å². The highest BCUT2D eigenvalue weighted by Crippen LogP contribution is 2.16. The van der Waals surface area contributed by atoms with E-state index in [1.165, 1.54) is 17.0 Å². The number of hydrogen-bond acceptors (Lipinski definition) is 2. The van der Waals surface area contributed by atoms with E-state index in [0.29, 0.717) is 5.02 Å². The Kier molecular flexibility index (Phi) is 8.00. The second-order valence-electron chi connectivity index (χ2n) is 6.95. The van der Waals surface area contributed by atoms with Crippen LogP contribution in [-0.2, 0) is 22.6 Å². The van der Waals surface area contributed by atoms with Crippen LogP contribution in [0.25, 0.3) is 0 Å². The highest BCUT2D eigenvalue weighted by atomic mass is 35.5. The van der Waals surface area contributed by atoms with Crippen molar-refractivity contribution in [2.24, 2.45) is 0 Å². The second-order valence-corrected chi connectivity index (χ2v) is 7.39. The first-order valence-corrected chi connectivity index (χ1v) is 9.76. The molecule has 0 aromatic heterocycles. The number of hydrogen-bond donors (Lipinski definition) is 1. The molecule has 2 atom stereocenters. The number of nitrogens with zero attached hydrogens (tertiary/aromatic N) is 1. The molecule has 1 N–H and O–H groups in total. The lowest BCUT2D eigenvalue weighted by Gasteiger charge is -2.30. The van der Waals surface area contributed by atoms with Gasteiger partial charge in [-0.1, -0.05) is 42.8 Å². The number of carbonyl (C=O) groups is 2. The number of carbonyl (C=O) groups excluding carboxylic acids is 2. The third kappa shape index (κ3) is 6.34. The quantitative estimate of drug-likeness (QED) is 0.710. The zero-order chi connectivity index (χ0) is 20.7. The number of halogens is 2. The van der Waals surface area contributed by atoms with Gasteiger partial charge in [0.2, 0.25) is 11.8 Å². The van der Waals surface area contributed by atoms with Crippen molar-refractivity contribution in [2.45, 2.75) is 52.2 Å². The van der Waals surface area contributed by atoms with Gasteiger partial charge < -0.3 is 10.2 Å². The van der Waals surface area contributed by atoms with Crippen molar-refractivity contribution in [3.63, 3.8) is 0 Å². The smallest absolute Gasteiger partial charge is 0.242 e. The first-order chi connectivity index (χ1) is 13.3. The zero-order valence-corrected chi connectivity index (χ0v) is 17.2. The summed E-state index contributed by atoms with van der Waals surface area (Å²) in [7, 11) is 0. The first kappa shape index (κ1) is 21.9. The lowest BCUT2D eigenvalue weighted by Crippen LogP contribution is -2.49. The maximum absolute atomic E-state index is 13.2. The van der Waals surface area contributed by atoms with Gasteiger partial charge in [-0.2, -0.15) is 0 Å². The third-order valence-electron chi connectivity index (χ3n) is 4.68. The summed E-state index contributed by atoms with van der Waals surface area (Å²) in [5, 5.41) is 3.47. The van der Waals surface area contributed by atoms with Gasteiger partial charge in [-0.15, -0.1) is 0 Å². The van der Waals surface area contributed by atoms with Gasteiger partial charge in [0.1, 0.15) is 11.9 Å². The molecule has 0 aliphatic rings. The van der Waals surface area contributed by atoms with Gasteiger partial charge in [0, 0.05) is 17.6 Å². The van der Waals surface area contributed by atoms with E-state index in [2.05, 4.69) is 5.32 Å². The molecule has 2 amide bonds. The standard InChI is InChI=1S/C22H26ClFN2O2/c1-4-15(2)25-22(28)16(3)26(14-17-8-10-20(24)11-9-17)21(27)13-18-6-5-7-19(23)12-18/h5-12,15-16H,4,13-14H2,1-3H3,(H,25,28)/t15-,16+/m1/s1. The van der Waals surface area contributed by atoms with Crippen LogP contribution >= 0.6 is 11.6 Å². The fourth-order valence-electron chi connectivity index (χ4n) is 2.76. The van der Waals surface area contributed by atoms with E-state index in [9.17, 15) is 14.0 Å². The molecule has 0 unspecified atom stereocenters. The molecule has 6 heteroatoms. The second kappa shape index (κ2) is 10.2. The highest BCUT2D eigenvalue weighted by molar-refractivity contribution is 6.30. The number of rotatable bonds is 8. The van der Waals surface area contributed by atoms with Crippen LogP contribution in [0.3, 0.4) is 0 Å². The van der Waals surface area contributed by atoms with Crippen LogP contribution in [0.5, 0.6) is 0 Å². The van der Waals surface area contributed by atoms with E-state index in [4.69, 9.17) is 11.6 Å². The molecule has 0 saturated carbocycles. The lowest BCUT2D eigenvalue weighted by molar-refractivity contribution is -0.140. The van der Waals surface area contributed by atoms with Crippen LogP contribution in [0.4, 0.5) is 4.39 Å². The molecule has 2 rings (SSSR count). The Morgan fingerprint density at radius 2 is 1.79 bits per heavy atom. The van der Waals surface area contributed by atoms with Crippen LogP contribution in [-0.4, -0.2) is 28.8 Å². The molecule has 0 saturated heterocycles. The molecule has 0 radical (unpaired) electrons. The van der Waals surface area contributed by atoms with Gasteiger partial charge >= 0.3 is 0 Å². The summed E-state index contributed by atoms with van der Waals surface area (Å²) in [5.41, 5.74) is 1.53. The van der Waals surface area contributed by atoms with Crippen LogP contribution < -0.4 is 5.32 Å². The Labute approximate surface area is 170 Å². The molecule has 4 nitrogen and oxygen atoms in total. The summed E-state index contributed by atoms with van der Waals surface area (Å²) in [6, 6.07) is 12.4. The summed E-state index contributed by atoms with van der Waals surface area (Å²) in [6.07, 6.45) is 0.926. The Balaban J connectivity index is 2.22. The number of benzene rings is 2. The Morgan fingerprint density at radius 1 is 1.11 bits per heavy atom. The molecular formula is C22H26ClFN2O2. The average molecular weight is 405 g/mol. The summed E-state index contributed by atoms with van der Waals surface area (Å²) < 4.78 is 13.2. The number of nitrogens with one attached hydrogen (secondary N) is 1. The van der Waals surface area contributed by atoms with E-state index in [1.54, 1.807) is 37.3 Å². The third-order valence-corrected chi connectivity index (χ3v) is 4.91. The first-order valence-electron chi connectivity index (χ1n) is 9.39. The molecule has 28 heavy (non-hydrogen) atoms. The molecular weight excluding hydrogens is 379 g/mol. The molecule has 0 aliphatic carbocycles. The summed E-state index contributed by atoms with van der Waals surface area (Å²) in [5.74, 6) is -0.752. The molecule has 0 heterocycles. The van der Waals surface area contributed by atoms with Gasteiger partial charge in [0.25, 0.3) is 0 Å². The molecule has 150 valence electrons. The zero-order valence-electron chi connectivity index (χ0n) is 16.4. The largest absolute Gasteiger partial charge is 0.352 e. The SMILES string of the molecule is CC[C@@H](C)NC(=O)[C@H](C)N(Cc1ccc(F)cc1)C(=O)Cc1cccc(Cl)c1. The highest BCUT2D eigenvalue weighted by Gasteiger charge is 2.26. The Morgan fingerprint density at radius 3 is 2.39 bits per heavy atom. The average Bonchev–Trinajstić information content (AvgIpc) is 2.66. The molecule has 2 aromatic carbocycles. The molecule has 0 fully saturated rings. The van der Waals surface area contributed by atoms with Crippen LogP contribution in [0.2, 0.25) is 5.02 Å². The number of amides is 2. The summed E-state index contributed by atoms with van der Waals surface area (Å²) >= 11 is 6.01. The minimum absolute atomic E-state index is 0.0191. The van der Waals surface area contributed by atoms with Crippen LogP contribution in [0.15, 0.2) is 48.5 Å². The molecule has 2 aromatic rings. The normalized spacial score (nSPS) is 12.9. The van der Waals surface area contributed by atoms with Gasteiger partial charge in [-0.25, -0.2) is 4.39 Å². The van der Waals surface area contributed by atoms with Crippen molar-refractivity contribution in [3.05, 3.63) is 70.5 Å². The maximum atomic E-state index is 13.2. The minimum Gasteiger partial charge on any atom is -0.352 e. The van der Waals surface area contributed by atoms with E-state index >= 15 is 0 Å². The molecule has 0 bridgehead atoms. The lowest BCUT2D eigenvalue weighted by atomic mass is 10.1. The summed E-state index contributed by atoms with van der Waals surface area (Å²) in [6.45, 7) is 5.82. The summed E-state index contributed by atoms with van der Waals surface area (Å²) in [4.78, 5) is 27.2. The van der Waals surface area contributed by atoms with Crippen molar-refractivity contribution in [3.8, 4) is 0 Å². The minimum atomic E-state index is -0.661. The van der Waals surface area contributed by atoms with E-state index in [-0.39, 0.29) is 36.6 Å². The van der Waals surface area contributed by atoms with Gasteiger partial charge in [0.15, 0.2) is 0 Å². The predicted octanol–water partition coefficient (Wildman–Crippen LogP) is 4.35. The van der Waals surface area contributed by atoms with Crippen molar-refractivity contribution in [1.82, 2.24) is 10.2 Å². The van der Waals surface area contributed by atoms with Gasteiger partial charge in [-0.05, 0) is 55.7 Å². The van der Waals surface area contributed by atoms with Crippen molar-refractivity contribution < 1.29 is 14.0 Å². The maximum Gasteiger partial charge on any atom is 0.242 e. The fraction of sp³-hybridized carbons (Fsp3) is 0.364. The van der Waals surface area contributed by atoms with Crippen molar-refractivity contribution in [2.75, 3.05) is 0 Å². The van der Waals surface area contributed by atoms with Gasteiger partial charge in [0.05, 0.1) is 6.42 Å². The molecule has 0 aliphatic heterocycles. The topological polar surface area (TPSA) is 49.4 Å². The Bertz CT molecular complexity index is 810. The van der Waals surface area contributed by atoms with Crippen molar-refractivity contribution >= 4 is 23.4 Å². The predicted molar refractivity (Wildman–Crippen MR) is 109 cm³/mol. The van der Waals surface area contributed by atoms with E-state index in [0.717, 1.165) is 17.5 Å². The van der Waals surface area contributed by atoms with Crippen molar-refractivity contribution in [1.29, 1.82) is 0 Å². The fourth-order valence-corrected chi connectivity index (χ4v) is 2.97. The van der Waals surface area contributed by atoms with Crippen LogP contribution in [0, 0.1) is 5.82 Å². The van der Waals surface area contributed by atoms with E-state index in [1.807, 2.05) is 19.9 Å². The van der Waals surface area contributed by atoms with Gasteiger partial charge in [-0.3, -0.25) is 9.59 Å². The Hall–Kier alpha value is -2.40. The van der Waals surface area contributed by atoms with Crippen LogP contribution in [0.1, 0.15) is 38.3 Å². The monoisotopic (exact) mass is 404 g/mol. The molecule has 0 spiro atoms.